The molecule has 3 aromatic rings. The third kappa shape index (κ3) is 4.94. The van der Waals surface area contributed by atoms with Crippen molar-refractivity contribution in [3.63, 3.8) is 0 Å². The first-order chi connectivity index (χ1) is 13.3. The molecule has 0 aliphatic carbocycles. The quantitative estimate of drug-likeness (QED) is 0.522. The van der Waals surface area contributed by atoms with Crippen LogP contribution in [-0.4, -0.2) is 21.4 Å². The highest BCUT2D eigenvalue weighted by molar-refractivity contribution is 9.10. The van der Waals surface area contributed by atoms with E-state index in [2.05, 4.69) is 37.1 Å². The van der Waals surface area contributed by atoms with Gasteiger partial charge in [-0.05, 0) is 53.2 Å². The predicted molar refractivity (Wildman–Crippen MR) is 115 cm³/mol. The normalized spacial score (nSPS) is 12.4. The molecule has 1 atom stereocenters. The van der Waals surface area contributed by atoms with E-state index >= 15 is 0 Å². The Balaban J connectivity index is 1.90. The van der Waals surface area contributed by atoms with Gasteiger partial charge in [-0.1, -0.05) is 41.7 Å². The van der Waals surface area contributed by atoms with E-state index in [0.29, 0.717) is 10.5 Å². The standard InChI is InChI=1S/C22H17BrN2O2S/c1-16-7-11-20(12-8-16)28(2,27)25-22(26)19-13-17(14-24-15-19)9-10-18-5-3-4-6-21(18)23/h3-8,11-15H,1-2H3. The first-order valence-electron chi connectivity index (χ1n) is 8.40. The number of carbonyl (C=O) groups is 1. The Labute approximate surface area is 173 Å². The molecule has 0 fully saturated rings. The minimum atomic E-state index is -2.84. The van der Waals surface area contributed by atoms with Gasteiger partial charge in [0.15, 0.2) is 0 Å². The number of nitrogens with zero attached hydrogens (tertiary/aromatic N) is 2. The van der Waals surface area contributed by atoms with Crippen molar-refractivity contribution in [2.75, 3.05) is 6.26 Å². The molecular weight excluding hydrogens is 436 g/mol. The van der Waals surface area contributed by atoms with E-state index in [-0.39, 0.29) is 5.56 Å². The SMILES string of the molecule is Cc1ccc(S(C)(=O)=NC(=O)c2cncc(C#Cc3ccccc3Br)c2)cc1. The number of pyridine rings is 1. The molecule has 0 spiro atoms. The summed E-state index contributed by atoms with van der Waals surface area (Å²) in [7, 11) is -2.84. The van der Waals surface area contributed by atoms with Gasteiger partial charge in [-0.15, -0.1) is 0 Å². The maximum absolute atomic E-state index is 12.9. The molecule has 1 heterocycles. The van der Waals surface area contributed by atoms with Crippen molar-refractivity contribution < 1.29 is 9.00 Å². The van der Waals surface area contributed by atoms with Gasteiger partial charge in [0, 0.05) is 39.1 Å². The smallest absolute Gasteiger partial charge is 0.266 e. The van der Waals surface area contributed by atoms with Crippen LogP contribution in [0.2, 0.25) is 0 Å². The molecule has 0 aliphatic heterocycles. The van der Waals surface area contributed by atoms with Crippen LogP contribution in [0.3, 0.4) is 0 Å². The summed E-state index contributed by atoms with van der Waals surface area (Å²) in [5, 5.41) is 0. The lowest BCUT2D eigenvalue weighted by molar-refractivity contribution is 0.100. The van der Waals surface area contributed by atoms with Crippen molar-refractivity contribution in [1.29, 1.82) is 0 Å². The average molecular weight is 453 g/mol. The molecule has 1 aromatic heterocycles. The third-order valence-corrected chi connectivity index (χ3v) is 6.27. The van der Waals surface area contributed by atoms with Gasteiger partial charge in [0.25, 0.3) is 5.91 Å². The van der Waals surface area contributed by atoms with Crippen LogP contribution in [-0.2, 0) is 9.73 Å². The largest absolute Gasteiger partial charge is 0.286 e. The molecule has 28 heavy (non-hydrogen) atoms. The van der Waals surface area contributed by atoms with Crippen LogP contribution < -0.4 is 0 Å². The van der Waals surface area contributed by atoms with Gasteiger partial charge in [-0.25, -0.2) is 4.21 Å². The summed E-state index contributed by atoms with van der Waals surface area (Å²) in [6.07, 6.45) is 4.43. The molecule has 3 rings (SSSR count). The van der Waals surface area contributed by atoms with E-state index in [1.165, 1.54) is 12.5 Å². The third-order valence-electron chi connectivity index (χ3n) is 3.92. The number of benzene rings is 2. The van der Waals surface area contributed by atoms with Gasteiger partial charge in [-0.3, -0.25) is 9.78 Å². The van der Waals surface area contributed by atoms with Crippen molar-refractivity contribution in [3.05, 3.63) is 93.7 Å². The Kier molecular flexibility index (Phi) is 6.08. The number of aromatic nitrogens is 1. The van der Waals surface area contributed by atoms with Gasteiger partial charge in [-0.2, -0.15) is 4.36 Å². The van der Waals surface area contributed by atoms with E-state index in [9.17, 15) is 9.00 Å². The highest BCUT2D eigenvalue weighted by Gasteiger charge is 2.12. The Bertz CT molecular complexity index is 1220. The molecule has 4 nitrogen and oxygen atoms in total. The summed E-state index contributed by atoms with van der Waals surface area (Å²) >= 11 is 3.45. The zero-order valence-corrected chi connectivity index (χ0v) is 17.8. The molecule has 1 unspecified atom stereocenters. The van der Waals surface area contributed by atoms with Crippen LogP contribution >= 0.6 is 15.9 Å². The van der Waals surface area contributed by atoms with Gasteiger partial charge in [0.05, 0.1) is 15.3 Å². The fraction of sp³-hybridized carbons (Fsp3) is 0.0909. The molecule has 0 saturated carbocycles. The Morgan fingerprint density at radius 1 is 1.07 bits per heavy atom. The number of rotatable bonds is 2. The lowest BCUT2D eigenvalue weighted by atomic mass is 10.2. The molecule has 6 heteroatoms. The van der Waals surface area contributed by atoms with E-state index in [4.69, 9.17) is 0 Å². The van der Waals surface area contributed by atoms with Crippen molar-refractivity contribution >= 4 is 31.6 Å². The van der Waals surface area contributed by atoms with Crippen molar-refractivity contribution in [3.8, 4) is 11.8 Å². The maximum atomic E-state index is 12.9. The van der Waals surface area contributed by atoms with E-state index in [0.717, 1.165) is 15.6 Å². The van der Waals surface area contributed by atoms with E-state index < -0.39 is 15.6 Å². The first kappa shape index (κ1) is 20.0. The summed E-state index contributed by atoms with van der Waals surface area (Å²) in [4.78, 5) is 17.1. The number of carbonyl (C=O) groups excluding carboxylic acids is 1. The zero-order chi connectivity index (χ0) is 20.1. The summed E-state index contributed by atoms with van der Waals surface area (Å²) < 4.78 is 17.7. The Hall–Kier alpha value is -2.75. The van der Waals surface area contributed by atoms with Crippen LogP contribution in [0.25, 0.3) is 0 Å². The Morgan fingerprint density at radius 2 is 1.79 bits per heavy atom. The monoisotopic (exact) mass is 452 g/mol. The number of hydrogen-bond acceptors (Lipinski definition) is 3. The number of aryl methyl sites for hydroxylation is 1. The molecule has 1 amide bonds. The maximum Gasteiger partial charge on any atom is 0.286 e. The van der Waals surface area contributed by atoms with Crippen LogP contribution in [0.1, 0.15) is 27.0 Å². The van der Waals surface area contributed by atoms with E-state index in [1.807, 2.05) is 43.3 Å². The summed E-state index contributed by atoms with van der Waals surface area (Å²) in [6, 6.07) is 16.4. The minimum Gasteiger partial charge on any atom is -0.266 e. The highest BCUT2D eigenvalue weighted by Crippen LogP contribution is 2.16. The molecule has 0 bridgehead atoms. The molecule has 0 saturated heterocycles. The second-order valence-corrected chi connectivity index (χ2v) is 9.32. The van der Waals surface area contributed by atoms with Gasteiger partial charge in [0.2, 0.25) is 0 Å². The van der Waals surface area contributed by atoms with Crippen LogP contribution in [0, 0.1) is 18.8 Å². The molecule has 140 valence electrons. The number of amides is 1. The number of halogens is 1. The van der Waals surface area contributed by atoms with Crippen LogP contribution in [0.15, 0.2) is 80.7 Å². The first-order valence-corrected chi connectivity index (χ1v) is 11.1. The van der Waals surface area contributed by atoms with E-state index in [1.54, 1.807) is 24.4 Å². The summed E-state index contributed by atoms with van der Waals surface area (Å²) in [5.74, 6) is 5.45. The minimum absolute atomic E-state index is 0.251. The van der Waals surface area contributed by atoms with Crippen LogP contribution in [0.5, 0.6) is 0 Å². The van der Waals surface area contributed by atoms with Crippen molar-refractivity contribution in [2.24, 2.45) is 4.36 Å². The summed E-state index contributed by atoms with van der Waals surface area (Å²) in [5.41, 5.74) is 2.71. The molecular formula is C22H17BrN2O2S. The average Bonchev–Trinajstić information content (AvgIpc) is 2.67. The lowest BCUT2D eigenvalue weighted by Gasteiger charge is -2.04. The van der Waals surface area contributed by atoms with Crippen molar-refractivity contribution in [1.82, 2.24) is 4.98 Å². The van der Waals surface area contributed by atoms with Gasteiger partial charge in [0.1, 0.15) is 0 Å². The van der Waals surface area contributed by atoms with Gasteiger partial charge < -0.3 is 0 Å². The molecule has 0 N–H and O–H groups in total. The fourth-order valence-electron chi connectivity index (χ4n) is 2.38. The van der Waals surface area contributed by atoms with Gasteiger partial charge >= 0.3 is 0 Å². The molecule has 0 aliphatic rings. The molecule has 0 radical (unpaired) electrons. The second-order valence-electron chi connectivity index (χ2n) is 6.20. The highest BCUT2D eigenvalue weighted by atomic mass is 79.9. The lowest BCUT2D eigenvalue weighted by Crippen LogP contribution is -2.04. The Morgan fingerprint density at radius 3 is 2.50 bits per heavy atom. The van der Waals surface area contributed by atoms with Crippen LogP contribution in [0.4, 0.5) is 0 Å². The zero-order valence-electron chi connectivity index (χ0n) is 15.3. The van der Waals surface area contributed by atoms with Crippen molar-refractivity contribution in [2.45, 2.75) is 11.8 Å². The number of hydrogen-bond donors (Lipinski definition) is 0. The second kappa shape index (κ2) is 8.51. The summed E-state index contributed by atoms with van der Waals surface area (Å²) in [6.45, 7) is 1.94. The molecule has 2 aromatic carbocycles. The predicted octanol–water partition coefficient (Wildman–Crippen LogP) is 4.85. The fourth-order valence-corrected chi connectivity index (χ4v) is 3.93. The topological polar surface area (TPSA) is 59.4 Å².